The van der Waals surface area contributed by atoms with E-state index < -0.39 is 0 Å². The number of likely N-dealkylation sites (tertiary alicyclic amines) is 1. The molecule has 0 atom stereocenters. The summed E-state index contributed by atoms with van der Waals surface area (Å²) >= 11 is 6.03. The molecule has 1 amide bonds. The fraction of sp³-hybridized carbons (Fsp3) is 0.611. The Morgan fingerprint density at radius 2 is 1.77 bits per heavy atom. The van der Waals surface area contributed by atoms with E-state index >= 15 is 0 Å². The van der Waals surface area contributed by atoms with Crippen molar-refractivity contribution in [2.45, 2.75) is 51.5 Å². The molecule has 0 spiro atoms. The van der Waals surface area contributed by atoms with Crippen molar-refractivity contribution in [3.05, 3.63) is 34.9 Å². The Balaban J connectivity index is 2.21. The number of nitrogens with zero attached hydrogens (tertiary/aromatic N) is 1. The summed E-state index contributed by atoms with van der Waals surface area (Å²) in [7, 11) is 0. The van der Waals surface area contributed by atoms with Gasteiger partial charge in [-0.05, 0) is 64.4 Å². The standard InChI is InChI=1S/C18H27ClN2O/c1-14(22)20-13-18(15-5-7-16(19)8-6-15)9-11-21(12-10-18)17(2,3)4/h5-8H,9-13H2,1-4H3,(H,20,22). The lowest BCUT2D eigenvalue weighted by molar-refractivity contribution is -0.119. The minimum absolute atomic E-state index is 0.0119. The second-order valence-electron chi connectivity index (χ2n) is 7.35. The Labute approximate surface area is 139 Å². The van der Waals surface area contributed by atoms with Gasteiger partial charge >= 0.3 is 0 Å². The van der Waals surface area contributed by atoms with Crippen molar-refractivity contribution in [2.75, 3.05) is 19.6 Å². The van der Waals surface area contributed by atoms with Crippen LogP contribution in [0.2, 0.25) is 5.02 Å². The third kappa shape index (κ3) is 4.02. The monoisotopic (exact) mass is 322 g/mol. The number of piperidine rings is 1. The predicted molar refractivity (Wildman–Crippen MR) is 92.4 cm³/mol. The molecular formula is C18H27ClN2O. The Bertz CT molecular complexity index is 511. The average Bonchev–Trinajstić information content (AvgIpc) is 2.45. The molecule has 0 saturated carbocycles. The van der Waals surface area contributed by atoms with Crippen molar-refractivity contribution in [1.29, 1.82) is 0 Å². The zero-order valence-electron chi connectivity index (χ0n) is 14.1. The zero-order valence-corrected chi connectivity index (χ0v) is 14.8. The van der Waals surface area contributed by atoms with Crippen LogP contribution in [0.3, 0.4) is 0 Å². The van der Waals surface area contributed by atoms with Crippen LogP contribution in [0.5, 0.6) is 0 Å². The molecule has 4 heteroatoms. The molecule has 1 N–H and O–H groups in total. The van der Waals surface area contributed by atoms with Gasteiger partial charge in [0.15, 0.2) is 0 Å². The third-order valence-electron chi connectivity index (χ3n) is 4.80. The number of halogens is 1. The van der Waals surface area contributed by atoms with Crippen LogP contribution in [0, 0.1) is 0 Å². The normalized spacial score (nSPS) is 19.0. The van der Waals surface area contributed by atoms with Crippen LogP contribution in [-0.4, -0.2) is 36.0 Å². The van der Waals surface area contributed by atoms with E-state index in [0.717, 1.165) is 31.0 Å². The summed E-state index contributed by atoms with van der Waals surface area (Å²) in [5.41, 5.74) is 1.48. The molecule has 0 aliphatic carbocycles. The first-order chi connectivity index (χ1) is 10.2. The fourth-order valence-corrected chi connectivity index (χ4v) is 3.40. The molecular weight excluding hydrogens is 296 g/mol. The molecule has 1 aromatic rings. The number of nitrogens with one attached hydrogen (secondary N) is 1. The summed E-state index contributed by atoms with van der Waals surface area (Å²) in [5.74, 6) is 0.0339. The quantitative estimate of drug-likeness (QED) is 0.922. The van der Waals surface area contributed by atoms with E-state index in [2.05, 4.69) is 43.1 Å². The van der Waals surface area contributed by atoms with Gasteiger partial charge < -0.3 is 5.32 Å². The van der Waals surface area contributed by atoms with Crippen LogP contribution in [-0.2, 0) is 10.2 Å². The molecule has 122 valence electrons. The minimum atomic E-state index is 0.0119. The number of benzene rings is 1. The summed E-state index contributed by atoms with van der Waals surface area (Å²) in [6, 6.07) is 8.11. The lowest BCUT2D eigenvalue weighted by Gasteiger charge is -2.47. The van der Waals surface area contributed by atoms with E-state index in [0.29, 0.717) is 6.54 Å². The molecule has 3 nitrogen and oxygen atoms in total. The molecule has 2 rings (SSSR count). The maximum Gasteiger partial charge on any atom is 0.216 e. The molecule has 1 aliphatic rings. The predicted octanol–water partition coefficient (Wildman–Crippen LogP) is 3.61. The lowest BCUT2D eigenvalue weighted by Crippen LogP contribution is -2.53. The van der Waals surface area contributed by atoms with E-state index in [-0.39, 0.29) is 16.9 Å². The van der Waals surface area contributed by atoms with Crippen LogP contribution in [0.25, 0.3) is 0 Å². The zero-order chi connectivity index (χ0) is 16.4. The first-order valence-corrected chi connectivity index (χ1v) is 8.36. The molecule has 0 radical (unpaired) electrons. The van der Waals surface area contributed by atoms with Gasteiger partial charge in [0.2, 0.25) is 5.91 Å². The molecule has 1 aliphatic heterocycles. The summed E-state index contributed by atoms with van der Waals surface area (Å²) in [4.78, 5) is 13.9. The average molecular weight is 323 g/mol. The maximum atomic E-state index is 11.4. The molecule has 1 saturated heterocycles. The Kier molecular flexibility index (Phi) is 5.18. The van der Waals surface area contributed by atoms with Crippen molar-refractivity contribution < 1.29 is 4.79 Å². The number of hydrogen-bond acceptors (Lipinski definition) is 2. The number of carbonyl (C=O) groups is 1. The van der Waals surface area contributed by atoms with Crippen LogP contribution in [0.15, 0.2) is 24.3 Å². The first kappa shape index (κ1) is 17.3. The lowest BCUT2D eigenvalue weighted by atomic mass is 9.72. The van der Waals surface area contributed by atoms with Gasteiger partial charge in [0.25, 0.3) is 0 Å². The fourth-order valence-electron chi connectivity index (χ4n) is 3.27. The number of amides is 1. The van der Waals surface area contributed by atoms with Crippen molar-refractivity contribution >= 4 is 17.5 Å². The highest BCUT2D eigenvalue weighted by molar-refractivity contribution is 6.30. The van der Waals surface area contributed by atoms with Gasteiger partial charge in [0.1, 0.15) is 0 Å². The van der Waals surface area contributed by atoms with Crippen LogP contribution in [0.1, 0.15) is 46.1 Å². The Morgan fingerprint density at radius 1 is 1.23 bits per heavy atom. The van der Waals surface area contributed by atoms with E-state index in [1.807, 2.05) is 12.1 Å². The molecule has 0 bridgehead atoms. The van der Waals surface area contributed by atoms with Crippen molar-refractivity contribution in [3.63, 3.8) is 0 Å². The van der Waals surface area contributed by atoms with Gasteiger partial charge in [-0.3, -0.25) is 9.69 Å². The maximum absolute atomic E-state index is 11.4. The number of rotatable bonds is 3. The van der Waals surface area contributed by atoms with Gasteiger partial charge in [-0.25, -0.2) is 0 Å². The Morgan fingerprint density at radius 3 is 2.23 bits per heavy atom. The van der Waals surface area contributed by atoms with Crippen molar-refractivity contribution in [3.8, 4) is 0 Å². The second kappa shape index (κ2) is 6.59. The molecule has 1 aromatic carbocycles. The summed E-state index contributed by atoms with van der Waals surface area (Å²) < 4.78 is 0. The summed E-state index contributed by atoms with van der Waals surface area (Å²) in [6.07, 6.45) is 2.10. The summed E-state index contributed by atoms with van der Waals surface area (Å²) in [5, 5.41) is 3.79. The number of carbonyl (C=O) groups excluding carboxylic acids is 1. The van der Waals surface area contributed by atoms with Gasteiger partial charge in [0.05, 0.1) is 0 Å². The highest BCUT2D eigenvalue weighted by Gasteiger charge is 2.38. The van der Waals surface area contributed by atoms with Gasteiger partial charge in [-0.2, -0.15) is 0 Å². The van der Waals surface area contributed by atoms with Crippen molar-refractivity contribution in [1.82, 2.24) is 10.2 Å². The topological polar surface area (TPSA) is 32.3 Å². The smallest absolute Gasteiger partial charge is 0.216 e. The van der Waals surface area contributed by atoms with E-state index in [1.54, 1.807) is 6.92 Å². The molecule has 0 aromatic heterocycles. The summed E-state index contributed by atoms with van der Waals surface area (Å²) in [6.45, 7) is 11.2. The highest BCUT2D eigenvalue weighted by atomic mass is 35.5. The third-order valence-corrected chi connectivity index (χ3v) is 5.05. The van der Waals surface area contributed by atoms with E-state index in [9.17, 15) is 4.79 Å². The van der Waals surface area contributed by atoms with Gasteiger partial charge in [0, 0.05) is 29.4 Å². The largest absolute Gasteiger partial charge is 0.355 e. The first-order valence-electron chi connectivity index (χ1n) is 7.98. The molecule has 1 fully saturated rings. The van der Waals surface area contributed by atoms with E-state index in [1.165, 1.54) is 5.56 Å². The highest BCUT2D eigenvalue weighted by Crippen LogP contribution is 2.37. The number of hydrogen-bond donors (Lipinski definition) is 1. The molecule has 0 unspecified atom stereocenters. The van der Waals surface area contributed by atoms with Gasteiger partial charge in [-0.15, -0.1) is 0 Å². The molecule has 22 heavy (non-hydrogen) atoms. The minimum Gasteiger partial charge on any atom is -0.355 e. The SMILES string of the molecule is CC(=O)NCC1(c2ccc(Cl)cc2)CCN(C(C)(C)C)CC1. The molecule has 1 heterocycles. The van der Waals surface area contributed by atoms with Crippen LogP contribution in [0.4, 0.5) is 0 Å². The second-order valence-corrected chi connectivity index (χ2v) is 7.79. The van der Waals surface area contributed by atoms with Crippen molar-refractivity contribution in [2.24, 2.45) is 0 Å². The van der Waals surface area contributed by atoms with Crippen LogP contribution < -0.4 is 5.32 Å². The Hall–Kier alpha value is -1.06. The van der Waals surface area contributed by atoms with E-state index in [4.69, 9.17) is 11.6 Å². The van der Waals surface area contributed by atoms with Gasteiger partial charge in [-0.1, -0.05) is 23.7 Å². The van der Waals surface area contributed by atoms with Crippen LogP contribution >= 0.6 is 11.6 Å².